The number of rotatable bonds is 5. The minimum atomic E-state index is 0.242. The van der Waals surface area contributed by atoms with Crippen molar-refractivity contribution in [3.8, 4) is 0 Å². The van der Waals surface area contributed by atoms with E-state index in [1.807, 2.05) is 18.5 Å². The van der Waals surface area contributed by atoms with Crippen LogP contribution in [0.15, 0.2) is 39.8 Å². The zero-order chi connectivity index (χ0) is 12.1. The highest BCUT2D eigenvalue weighted by Gasteiger charge is 2.14. The predicted octanol–water partition coefficient (Wildman–Crippen LogP) is 3.99. The maximum Gasteiger partial charge on any atom is 0.0701 e. The van der Waals surface area contributed by atoms with E-state index in [0.29, 0.717) is 0 Å². The van der Waals surface area contributed by atoms with Crippen molar-refractivity contribution < 1.29 is 0 Å². The van der Waals surface area contributed by atoms with Crippen LogP contribution in [-0.2, 0) is 0 Å². The Morgan fingerprint density at radius 3 is 2.94 bits per heavy atom. The maximum atomic E-state index is 4.20. The van der Waals surface area contributed by atoms with E-state index in [0.717, 1.165) is 13.0 Å². The van der Waals surface area contributed by atoms with Gasteiger partial charge in [0, 0.05) is 12.4 Å². The molecule has 0 radical (unpaired) electrons. The van der Waals surface area contributed by atoms with Gasteiger partial charge >= 0.3 is 0 Å². The standard InChI is InChI=1S/C13H15BrN2S/c1-2-5-16-13(10-4-3-6-15-8-10)11-7-12(14)17-9-11/h3-4,6-9,13,16H,2,5H2,1H3. The fourth-order valence-electron chi connectivity index (χ4n) is 1.74. The lowest BCUT2D eigenvalue weighted by atomic mass is 10.0. The molecule has 1 atom stereocenters. The number of nitrogens with one attached hydrogen (secondary N) is 1. The molecule has 2 aromatic rings. The molecule has 0 aliphatic carbocycles. The Morgan fingerprint density at radius 1 is 1.47 bits per heavy atom. The van der Waals surface area contributed by atoms with E-state index in [-0.39, 0.29) is 6.04 Å². The van der Waals surface area contributed by atoms with Gasteiger partial charge in [0.25, 0.3) is 0 Å². The largest absolute Gasteiger partial charge is 0.306 e. The lowest BCUT2D eigenvalue weighted by Gasteiger charge is -2.17. The Labute approximate surface area is 114 Å². The quantitative estimate of drug-likeness (QED) is 0.903. The van der Waals surface area contributed by atoms with Crippen molar-refractivity contribution in [2.24, 2.45) is 0 Å². The molecule has 0 aliphatic heterocycles. The molecule has 0 saturated carbocycles. The molecular formula is C13H15BrN2S. The molecule has 2 rings (SSSR count). The van der Waals surface area contributed by atoms with Gasteiger partial charge in [0.05, 0.1) is 9.83 Å². The zero-order valence-electron chi connectivity index (χ0n) is 9.69. The van der Waals surface area contributed by atoms with Gasteiger partial charge in [0.15, 0.2) is 0 Å². The predicted molar refractivity (Wildman–Crippen MR) is 76.4 cm³/mol. The first-order valence-electron chi connectivity index (χ1n) is 5.68. The van der Waals surface area contributed by atoms with Crippen molar-refractivity contribution in [3.05, 3.63) is 50.9 Å². The lowest BCUT2D eigenvalue weighted by molar-refractivity contribution is 0.598. The van der Waals surface area contributed by atoms with Gasteiger partial charge < -0.3 is 5.32 Å². The molecule has 17 heavy (non-hydrogen) atoms. The van der Waals surface area contributed by atoms with Crippen LogP contribution in [0.3, 0.4) is 0 Å². The van der Waals surface area contributed by atoms with Crippen molar-refractivity contribution in [1.29, 1.82) is 0 Å². The molecule has 90 valence electrons. The van der Waals surface area contributed by atoms with Crippen molar-refractivity contribution >= 4 is 27.3 Å². The number of hydrogen-bond acceptors (Lipinski definition) is 3. The molecule has 1 unspecified atom stereocenters. The summed E-state index contributed by atoms with van der Waals surface area (Å²) in [5.74, 6) is 0. The summed E-state index contributed by atoms with van der Waals surface area (Å²) in [7, 11) is 0. The Kier molecular flexibility index (Phi) is 4.71. The second-order valence-corrected chi connectivity index (χ2v) is 6.15. The molecule has 1 N–H and O–H groups in total. The number of thiophene rings is 1. The van der Waals surface area contributed by atoms with Gasteiger partial charge in [0.1, 0.15) is 0 Å². The highest BCUT2D eigenvalue weighted by Crippen LogP contribution is 2.28. The van der Waals surface area contributed by atoms with Gasteiger partial charge in [-0.15, -0.1) is 11.3 Å². The van der Waals surface area contributed by atoms with Gasteiger partial charge in [-0.05, 0) is 57.5 Å². The normalized spacial score (nSPS) is 12.6. The third-order valence-electron chi connectivity index (χ3n) is 2.54. The van der Waals surface area contributed by atoms with Crippen LogP contribution in [0, 0.1) is 0 Å². The SMILES string of the molecule is CCCNC(c1cccnc1)c1csc(Br)c1. The first kappa shape index (κ1) is 12.7. The number of nitrogens with zero attached hydrogens (tertiary/aromatic N) is 1. The summed E-state index contributed by atoms with van der Waals surface area (Å²) < 4.78 is 1.17. The Morgan fingerprint density at radius 2 is 2.35 bits per heavy atom. The molecule has 0 amide bonds. The first-order chi connectivity index (χ1) is 8.31. The third-order valence-corrected chi connectivity index (χ3v) is 4.06. The summed E-state index contributed by atoms with van der Waals surface area (Å²) in [6, 6.07) is 6.51. The zero-order valence-corrected chi connectivity index (χ0v) is 12.1. The third kappa shape index (κ3) is 3.37. The molecule has 0 spiro atoms. The Hall–Kier alpha value is -0.710. The average molecular weight is 311 g/mol. The lowest BCUT2D eigenvalue weighted by Crippen LogP contribution is -2.22. The summed E-state index contributed by atoms with van der Waals surface area (Å²) in [5, 5.41) is 5.75. The molecule has 0 fully saturated rings. The van der Waals surface area contributed by atoms with E-state index in [4.69, 9.17) is 0 Å². The highest BCUT2D eigenvalue weighted by atomic mass is 79.9. The number of halogens is 1. The topological polar surface area (TPSA) is 24.9 Å². The number of pyridine rings is 1. The fourth-order valence-corrected chi connectivity index (χ4v) is 2.94. The van der Waals surface area contributed by atoms with Crippen LogP contribution in [0.25, 0.3) is 0 Å². The molecule has 0 aromatic carbocycles. The number of hydrogen-bond donors (Lipinski definition) is 1. The molecule has 0 aliphatic rings. The number of aromatic nitrogens is 1. The van der Waals surface area contributed by atoms with Crippen LogP contribution >= 0.6 is 27.3 Å². The molecular weight excluding hydrogens is 296 g/mol. The van der Waals surface area contributed by atoms with Gasteiger partial charge in [-0.3, -0.25) is 4.98 Å². The fraction of sp³-hybridized carbons (Fsp3) is 0.308. The van der Waals surface area contributed by atoms with E-state index in [1.54, 1.807) is 11.3 Å². The second kappa shape index (κ2) is 6.28. The Balaban J connectivity index is 2.25. The van der Waals surface area contributed by atoms with Crippen LogP contribution in [0.4, 0.5) is 0 Å². The molecule has 2 aromatic heterocycles. The summed E-state index contributed by atoms with van der Waals surface area (Å²) in [5.41, 5.74) is 2.51. The van der Waals surface area contributed by atoms with E-state index in [1.165, 1.54) is 14.9 Å². The maximum absolute atomic E-state index is 4.20. The summed E-state index contributed by atoms with van der Waals surface area (Å²) in [4.78, 5) is 4.20. The van der Waals surface area contributed by atoms with Gasteiger partial charge in [0.2, 0.25) is 0 Å². The van der Waals surface area contributed by atoms with Crippen molar-refractivity contribution in [2.45, 2.75) is 19.4 Å². The highest BCUT2D eigenvalue weighted by molar-refractivity contribution is 9.11. The smallest absolute Gasteiger partial charge is 0.0701 e. The molecule has 2 heterocycles. The van der Waals surface area contributed by atoms with E-state index in [2.05, 4.69) is 50.7 Å². The van der Waals surface area contributed by atoms with Gasteiger partial charge in [-0.25, -0.2) is 0 Å². The monoisotopic (exact) mass is 310 g/mol. The van der Waals surface area contributed by atoms with Gasteiger partial charge in [-0.1, -0.05) is 13.0 Å². The van der Waals surface area contributed by atoms with Crippen LogP contribution in [0.2, 0.25) is 0 Å². The van der Waals surface area contributed by atoms with Crippen LogP contribution in [0.5, 0.6) is 0 Å². The summed E-state index contributed by atoms with van der Waals surface area (Å²) in [6.07, 6.45) is 4.87. The van der Waals surface area contributed by atoms with Crippen LogP contribution in [-0.4, -0.2) is 11.5 Å². The van der Waals surface area contributed by atoms with Crippen LogP contribution < -0.4 is 5.32 Å². The van der Waals surface area contributed by atoms with Crippen molar-refractivity contribution in [3.63, 3.8) is 0 Å². The molecule has 0 bridgehead atoms. The van der Waals surface area contributed by atoms with E-state index >= 15 is 0 Å². The van der Waals surface area contributed by atoms with Crippen molar-refractivity contribution in [2.75, 3.05) is 6.54 Å². The molecule has 2 nitrogen and oxygen atoms in total. The summed E-state index contributed by atoms with van der Waals surface area (Å²) in [6.45, 7) is 3.18. The van der Waals surface area contributed by atoms with Gasteiger partial charge in [-0.2, -0.15) is 0 Å². The van der Waals surface area contributed by atoms with Crippen molar-refractivity contribution in [1.82, 2.24) is 10.3 Å². The van der Waals surface area contributed by atoms with E-state index in [9.17, 15) is 0 Å². The Bertz CT molecular complexity index is 455. The van der Waals surface area contributed by atoms with E-state index < -0.39 is 0 Å². The second-order valence-electron chi connectivity index (χ2n) is 3.86. The van der Waals surface area contributed by atoms with Crippen LogP contribution in [0.1, 0.15) is 30.5 Å². The minimum Gasteiger partial charge on any atom is -0.306 e. The molecule has 0 saturated heterocycles. The average Bonchev–Trinajstić information content (AvgIpc) is 2.78. The summed E-state index contributed by atoms with van der Waals surface area (Å²) >= 11 is 5.23. The first-order valence-corrected chi connectivity index (χ1v) is 7.35. The molecule has 4 heteroatoms. The minimum absolute atomic E-state index is 0.242.